The highest BCUT2D eigenvalue weighted by Gasteiger charge is 2.26. The molecule has 0 aliphatic rings. The summed E-state index contributed by atoms with van der Waals surface area (Å²) in [6, 6.07) is 7.36. The van der Waals surface area contributed by atoms with Crippen molar-refractivity contribution in [2.45, 2.75) is 25.7 Å². The van der Waals surface area contributed by atoms with Gasteiger partial charge in [-0.2, -0.15) is 0 Å². The number of nitrogens with zero attached hydrogens (tertiary/aromatic N) is 1. The van der Waals surface area contributed by atoms with Crippen molar-refractivity contribution in [1.29, 1.82) is 0 Å². The molecule has 0 fully saturated rings. The first-order chi connectivity index (χ1) is 8.58. The quantitative estimate of drug-likeness (QED) is 0.440. The fraction of sp³-hybridized carbons (Fsp3) is 0.462. The summed E-state index contributed by atoms with van der Waals surface area (Å²) in [4.78, 5) is 21.5. The minimum absolute atomic E-state index is 0.203. The SMILES string of the molecule is CCCC(C=O)C(C[N+](=O)[O-])c1ccc(Br)cc1. The van der Waals surface area contributed by atoms with Gasteiger partial charge < -0.3 is 4.79 Å². The molecule has 0 N–H and O–H groups in total. The molecule has 1 rings (SSSR count). The molecule has 1 aromatic carbocycles. The lowest BCUT2D eigenvalue weighted by Crippen LogP contribution is -2.22. The van der Waals surface area contributed by atoms with Crippen LogP contribution in [-0.4, -0.2) is 17.8 Å². The van der Waals surface area contributed by atoms with E-state index in [9.17, 15) is 14.9 Å². The van der Waals surface area contributed by atoms with E-state index in [0.717, 1.165) is 22.7 Å². The van der Waals surface area contributed by atoms with Crippen LogP contribution >= 0.6 is 15.9 Å². The van der Waals surface area contributed by atoms with E-state index < -0.39 is 0 Å². The van der Waals surface area contributed by atoms with E-state index in [1.54, 1.807) is 0 Å². The number of benzene rings is 1. The van der Waals surface area contributed by atoms with E-state index in [0.29, 0.717) is 6.42 Å². The smallest absolute Gasteiger partial charge is 0.211 e. The number of hydrogen-bond acceptors (Lipinski definition) is 3. The van der Waals surface area contributed by atoms with Crippen LogP contribution < -0.4 is 0 Å². The summed E-state index contributed by atoms with van der Waals surface area (Å²) in [5.74, 6) is -0.632. The van der Waals surface area contributed by atoms with Crippen molar-refractivity contribution in [3.63, 3.8) is 0 Å². The zero-order valence-electron chi connectivity index (χ0n) is 10.2. The number of hydrogen-bond donors (Lipinski definition) is 0. The summed E-state index contributed by atoms with van der Waals surface area (Å²) in [5.41, 5.74) is 0.848. The van der Waals surface area contributed by atoms with Crippen molar-refractivity contribution in [3.8, 4) is 0 Å². The number of nitro groups is 1. The highest BCUT2D eigenvalue weighted by Crippen LogP contribution is 2.28. The first-order valence-corrected chi connectivity index (χ1v) is 6.70. The number of rotatable bonds is 7. The number of carbonyl (C=O) groups is 1. The van der Waals surface area contributed by atoms with Gasteiger partial charge in [0.15, 0.2) is 0 Å². The minimum atomic E-state index is -0.348. The van der Waals surface area contributed by atoms with Crippen LogP contribution in [0.4, 0.5) is 0 Å². The highest BCUT2D eigenvalue weighted by molar-refractivity contribution is 9.10. The lowest BCUT2D eigenvalue weighted by molar-refractivity contribution is -0.484. The van der Waals surface area contributed by atoms with Gasteiger partial charge in [-0.1, -0.05) is 41.4 Å². The van der Waals surface area contributed by atoms with Gasteiger partial charge in [0.1, 0.15) is 6.29 Å². The van der Waals surface area contributed by atoms with Crippen molar-refractivity contribution in [3.05, 3.63) is 44.4 Å². The topological polar surface area (TPSA) is 60.2 Å². The fourth-order valence-corrected chi connectivity index (χ4v) is 2.32. The Kier molecular flexibility index (Phi) is 5.98. The second-order valence-corrected chi connectivity index (χ2v) is 5.18. The van der Waals surface area contributed by atoms with Gasteiger partial charge in [-0.15, -0.1) is 0 Å². The maximum Gasteiger partial charge on any atom is 0.211 e. The number of carbonyl (C=O) groups excluding carboxylic acids is 1. The molecule has 0 spiro atoms. The van der Waals surface area contributed by atoms with Crippen LogP contribution in [0.3, 0.4) is 0 Å². The van der Waals surface area contributed by atoms with E-state index in [1.807, 2.05) is 31.2 Å². The van der Waals surface area contributed by atoms with Gasteiger partial charge in [-0.05, 0) is 24.1 Å². The Labute approximate surface area is 115 Å². The molecular weight excluding hydrogens is 298 g/mol. The largest absolute Gasteiger partial charge is 0.303 e. The maximum atomic E-state index is 11.1. The van der Waals surface area contributed by atoms with E-state index in [4.69, 9.17) is 0 Å². The predicted molar refractivity (Wildman–Crippen MR) is 73.2 cm³/mol. The maximum absolute atomic E-state index is 11.1. The number of aldehydes is 1. The second-order valence-electron chi connectivity index (χ2n) is 4.26. The predicted octanol–water partition coefficient (Wildman–Crippen LogP) is 3.42. The molecule has 0 saturated heterocycles. The standard InChI is InChI=1S/C13H16BrNO3/c1-2-3-11(9-16)13(8-15(17)18)10-4-6-12(14)7-5-10/h4-7,9,11,13H,2-3,8H2,1H3. The van der Waals surface area contributed by atoms with Crippen LogP contribution in [0, 0.1) is 16.0 Å². The molecular formula is C13H16BrNO3. The molecule has 0 saturated carbocycles. The summed E-state index contributed by atoms with van der Waals surface area (Å²) >= 11 is 3.33. The van der Waals surface area contributed by atoms with E-state index >= 15 is 0 Å². The van der Waals surface area contributed by atoms with Gasteiger partial charge in [0.25, 0.3) is 0 Å². The van der Waals surface area contributed by atoms with Crippen molar-refractivity contribution < 1.29 is 9.72 Å². The monoisotopic (exact) mass is 313 g/mol. The van der Waals surface area contributed by atoms with Crippen LogP contribution in [0.2, 0.25) is 0 Å². The van der Waals surface area contributed by atoms with Gasteiger partial charge in [0.2, 0.25) is 6.54 Å². The number of halogens is 1. The van der Waals surface area contributed by atoms with Crippen LogP contribution in [0.5, 0.6) is 0 Å². The Morgan fingerprint density at radius 1 is 1.39 bits per heavy atom. The molecule has 0 amide bonds. The Morgan fingerprint density at radius 3 is 2.44 bits per heavy atom. The van der Waals surface area contributed by atoms with Crippen LogP contribution in [0.15, 0.2) is 28.7 Å². The first-order valence-electron chi connectivity index (χ1n) is 5.91. The fourth-order valence-electron chi connectivity index (χ4n) is 2.06. The first kappa shape index (κ1) is 14.8. The molecule has 2 atom stereocenters. The van der Waals surface area contributed by atoms with Gasteiger partial charge in [0.05, 0.1) is 5.92 Å². The molecule has 18 heavy (non-hydrogen) atoms. The van der Waals surface area contributed by atoms with Crippen molar-refractivity contribution in [2.24, 2.45) is 5.92 Å². The Balaban J connectivity index is 2.99. The molecule has 0 heterocycles. The average molecular weight is 314 g/mol. The third kappa shape index (κ3) is 4.22. The zero-order valence-corrected chi connectivity index (χ0v) is 11.8. The van der Waals surface area contributed by atoms with Crippen molar-refractivity contribution in [2.75, 3.05) is 6.54 Å². The van der Waals surface area contributed by atoms with Crippen molar-refractivity contribution in [1.82, 2.24) is 0 Å². The molecule has 5 heteroatoms. The zero-order chi connectivity index (χ0) is 13.5. The third-order valence-electron chi connectivity index (χ3n) is 2.96. The lowest BCUT2D eigenvalue weighted by atomic mass is 9.84. The third-order valence-corrected chi connectivity index (χ3v) is 3.49. The molecule has 0 aromatic heterocycles. The van der Waals surface area contributed by atoms with Crippen LogP contribution in [0.1, 0.15) is 31.2 Å². The Bertz CT molecular complexity index is 405. The summed E-state index contributed by atoms with van der Waals surface area (Å²) in [6.07, 6.45) is 2.37. The van der Waals surface area contributed by atoms with Gasteiger partial charge in [-0.3, -0.25) is 10.1 Å². The van der Waals surface area contributed by atoms with Gasteiger partial charge in [-0.25, -0.2) is 0 Å². The molecule has 2 unspecified atom stereocenters. The van der Waals surface area contributed by atoms with Crippen LogP contribution in [0.25, 0.3) is 0 Å². The minimum Gasteiger partial charge on any atom is -0.303 e. The lowest BCUT2D eigenvalue weighted by Gasteiger charge is -2.19. The second kappa shape index (κ2) is 7.26. The Hall–Kier alpha value is -1.23. The van der Waals surface area contributed by atoms with E-state index in [-0.39, 0.29) is 23.3 Å². The summed E-state index contributed by atoms with van der Waals surface area (Å²) in [5, 5.41) is 10.8. The van der Waals surface area contributed by atoms with Gasteiger partial charge >= 0.3 is 0 Å². The highest BCUT2D eigenvalue weighted by atomic mass is 79.9. The molecule has 0 aliphatic heterocycles. The molecule has 1 aromatic rings. The molecule has 0 aliphatic carbocycles. The van der Waals surface area contributed by atoms with E-state index in [2.05, 4.69) is 15.9 Å². The molecule has 98 valence electrons. The van der Waals surface area contributed by atoms with Gasteiger partial charge in [0, 0.05) is 15.3 Å². The Morgan fingerprint density at radius 2 is 2.00 bits per heavy atom. The molecule has 0 bridgehead atoms. The molecule has 4 nitrogen and oxygen atoms in total. The van der Waals surface area contributed by atoms with Crippen molar-refractivity contribution >= 4 is 22.2 Å². The average Bonchev–Trinajstić information content (AvgIpc) is 2.34. The summed E-state index contributed by atoms with van der Waals surface area (Å²) in [6.45, 7) is 1.77. The molecule has 0 radical (unpaired) electrons. The normalized spacial score (nSPS) is 13.9. The summed E-state index contributed by atoms with van der Waals surface area (Å²) in [7, 11) is 0. The van der Waals surface area contributed by atoms with Crippen LogP contribution in [-0.2, 0) is 4.79 Å². The summed E-state index contributed by atoms with van der Waals surface area (Å²) < 4.78 is 0.921. The van der Waals surface area contributed by atoms with E-state index in [1.165, 1.54) is 0 Å².